The van der Waals surface area contributed by atoms with Gasteiger partial charge in [0.25, 0.3) is 0 Å². The summed E-state index contributed by atoms with van der Waals surface area (Å²) < 4.78 is 6.80. The number of ketones is 1. The Hall–Kier alpha value is -2.62. The van der Waals surface area contributed by atoms with Gasteiger partial charge in [-0.2, -0.15) is 0 Å². The Morgan fingerprint density at radius 2 is 1.79 bits per heavy atom. The molecule has 0 radical (unpaired) electrons. The van der Waals surface area contributed by atoms with Crippen molar-refractivity contribution in [3.8, 4) is 5.69 Å². The van der Waals surface area contributed by atoms with Crippen LogP contribution in [0.5, 0.6) is 0 Å². The first kappa shape index (κ1) is 25.0. The van der Waals surface area contributed by atoms with Crippen LogP contribution in [0.4, 0.5) is 0 Å². The zero-order valence-corrected chi connectivity index (χ0v) is 21.3. The van der Waals surface area contributed by atoms with Crippen molar-refractivity contribution in [2.24, 2.45) is 0 Å². The van der Waals surface area contributed by atoms with Gasteiger partial charge in [-0.25, -0.2) is 4.79 Å². The molecule has 0 aliphatic heterocycles. The third-order valence-corrected chi connectivity index (χ3v) is 6.91. The van der Waals surface area contributed by atoms with Gasteiger partial charge in [0.15, 0.2) is 16.8 Å². The summed E-state index contributed by atoms with van der Waals surface area (Å²) in [5, 5.41) is 9.57. The Morgan fingerprint density at radius 1 is 1.15 bits per heavy atom. The van der Waals surface area contributed by atoms with Crippen LogP contribution in [0.3, 0.4) is 0 Å². The van der Waals surface area contributed by atoms with E-state index in [4.69, 9.17) is 16.3 Å². The van der Waals surface area contributed by atoms with Gasteiger partial charge in [0, 0.05) is 16.4 Å². The van der Waals surface area contributed by atoms with Crippen LogP contribution in [-0.4, -0.2) is 62.9 Å². The molecule has 2 aromatic heterocycles. The summed E-state index contributed by atoms with van der Waals surface area (Å²) >= 11 is 7.40. The fourth-order valence-corrected chi connectivity index (χ4v) is 4.57. The number of halogens is 1. The predicted octanol–water partition coefficient (Wildman–Crippen LogP) is 4.64. The second-order valence-corrected chi connectivity index (χ2v) is 9.78. The molecule has 0 saturated carbocycles. The highest BCUT2D eigenvalue weighted by atomic mass is 35.5. The summed E-state index contributed by atoms with van der Waals surface area (Å²) in [5.74, 6) is 0.151. The van der Waals surface area contributed by atoms with Gasteiger partial charge in [0.05, 0.1) is 29.7 Å². The topological polar surface area (TPSA) is 93.1 Å². The van der Waals surface area contributed by atoms with Gasteiger partial charge < -0.3 is 9.72 Å². The molecule has 2 atom stereocenters. The predicted molar refractivity (Wildman–Crippen MR) is 130 cm³/mol. The summed E-state index contributed by atoms with van der Waals surface area (Å²) in [7, 11) is 5.27. The highest BCUT2D eigenvalue weighted by Gasteiger charge is 2.28. The molecular formula is C23H28ClN5O3S. The second kappa shape index (κ2) is 10.1. The molecule has 0 saturated heterocycles. The van der Waals surface area contributed by atoms with Gasteiger partial charge >= 0.3 is 5.97 Å². The molecule has 3 rings (SSSR count). The molecule has 0 aliphatic carbocycles. The maximum atomic E-state index is 13.3. The largest absolute Gasteiger partial charge is 0.465 e. The highest BCUT2D eigenvalue weighted by molar-refractivity contribution is 8.00. The zero-order valence-electron chi connectivity index (χ0n) is 19.8. The van der Waals surface area contributed by atoms with E-state index in [9.17, 15) is 9.59 Å². The number of hydrogen-bond acceptors (Lipinski definition) is 7. The standard InChI is InChI=1S/C23H28ClN5O3S/c1-12-18(22(31)32-7)13(2)25-19(12)20(30)15(4)33-23-27-26-21(14(3)28(5)6)29(23)17-10-8-16(24)9-11-17/h8-11,14-15,25H,1-7H3. The summed E-state index contributed by atoms with van der Waals surface area (Å²) in [6, 6.07) is 7.40. The number of aromatic amines is 1. The number of hydrogen-bond donors (Lipinski definition) is 1. The average Bonchev–Trinajstić information content (AvgIpc) is 3.32. The summed E-state index contributed by atoms with van der Waals surface area (Å²) in [6.07, 6.45) is 0. The van der Waals surface area contributed by atoms with E-state index in [0.717, 1.165) is 11.5 Å². The number of aromatic nitrogens is 4. The number of methoxy groups -OCH3 is 1. The van der Waals surface area contributed by atoms with Crippen LogP contribution in [0.25, 0.3) is 5.69 Å². The Kier molecular flexibility index (Phi) is 7.66. The molecule has 10 heteroatoms. The van der Waals surface area contributed by atoms with Gasteiger partial charge in [-0.1, -0.05) is 23.4 Å². The molecule has 2 unspecified atom stereocenters. The van der Waals surface area contributed by atoms with Gasteiger partial charge in [-0.05, 0) is 71.6 Å². The van der Waals surface area contributed by atoms with E-state index in [2.05, 4.69) is 15.2 Å². The van der Waals surface area contributed by atoms with Crippen LogP contribution in [0, 0.1) is 13.8 Å². The Morgan fingerprint density at radius 3 is 2.36 bits per heavy atom. The molecule has 0 fully saturated rings. The lowest BCUT2D eigenvalue weighted by atomic mass is 10.1. The molecular weight excluding hydrogens is 462 g/mol. The van der Waals surface area contributed by atoms with Crippen LogP contribution >= 0.6 is 23.4 Å². The molecule has 2 heterocycles. The summed E-state index contributed by atoms with van der Waals surface area (Å²) in [6.45, 7) is 7.35. The fourth-order valence-electron chi connectivity index (χ4n) is 3.51. The third-order valence-electron chi connectivity index (χ3n) is 5.62. The molecule has 1 aromatic carbocycles. The van der Waals surface area contributed by atoms with Crippen molar-refractivity contribution in [1.82, 2.24) is 24.6 Å². The number of H-pyrrole nitrogens is 1. The number of carbonyl (C=O) groups excluding carboxylic acids is 2. The van der Waals surface area contributed by atoms with Crippen LogP contribution in [-0.2, 0) is 4.74 Å². The smallest absolute Gasteiger partial charge is 0.339 e. The first-order chi connectivity index (χ1) is 15.6. The number of carbonyl (C=O) groups is 2. The Balaban J connectivity index is 1.97. The first-order valence-electron chi connectivity index (χ1n) is 10.4. The summed E-state index contributed by atoms with van der Waals surface area (Å²) in [5.41, 5.74) is 2.83. The third kappa shape index (κ3) is 5.00. The number of esters is 1. The lowest BCUT2D eigenvalue weighted by molar-refractivity contribution is 0.0599. The SMILES string of the molecule is COC(=O)c1c(C)[nH]c(C(=O)C(C)Sc2nnc(C(C)N(C)C)n2-c2ccc(Cl)cc2)c1C. The minimum absolute atomic E-state index is 0.00977. The molecule has 1 N–H and O–H groups in total. The molecule has 3 aromatic rings. The number of nitrogens with one attached hydrogen (secondary N) is 1. The monoisotopic (exact) mass is 489 g/mol. The van der Waals surface area contributed by atoms with Crippen molar-refractivity contribution in [2.75, 3.05) is 21.2 Å². The van der Waals surface area contributed by atoms with E-state index < -0.39 is 11.2 Å². The molecule has 0 amide bonds. The normalized spacial score (nSPS) is 13.2. The number of nitrogens with zero attached hydrogens (tertiary/aromatic N) is 4. The van der Waals surface area contributed by atoms with E-state index >= 15 is 0 Å². The van der Waals surface area contributed by atoms with Crippen LogP contribution in [0.2, 0.25) is 5.02 Å². The van der Waals surface area contributed by atoms with Gasteiger partial charge in [0.1, 0.15) is 0 Å². The van der Waals surface area contributed by atoms with Crippen LogP contribution in [0.15, 0.2) is 29.4 Å². The summed E-state index contributed by atoms with van der Waals surface area (Å²) in [4.78, 5) is 30.5. The number of Topliss-reactive ketones (excluding diaryl/α,β-unsaturated/α-hetero) is 1. The lowest BCUT2D eigenvalue weighted by Gasteiger charge is -2.21. The Bertz CT molecular complexity index is 1170. The number of benzene rings is 1. The molecule has 0 spiro atoms. The Labute approximate surface area is 202 Å². The van der Waals surface area contributed by atoms with Crippen molar-refractivity contribution in [1.29, 1.82) is 0 Å². The van der Waals surface area contributed by atoms with Crippen LogP contribution in [0.1, 0.15) is 57.8 Å². The number of rotatable bonds is 8. The number of aryl methyl sites for hydroxylation is 1. The van der Waals surface area contributed by atoms with Crippen molar-refractivity contribution in [3.05, 3.63) is 57.6 Å². The maximum absolute atomic E-state index is 13.3. The average molecular weight is 490 g/mol. The molecule has 0 bridgehead atoms. The van der Waals surface area contributed by atoms with Crippen molar-refractivity contribution in [3.63, 3.8) is 0 Å². The van der Waals surface area contributed by atoms with E-state index in [0.29, 0.717) is 32.7 Å². The number of ether oxygens (including phenoxy) is 1. The first-order valence-corrected chi connectivity index (χ1v) is 11.7. The molecule has 176 valence electrons. The second-order valence-electron chi connectivity index (χ2n) is 8.03. The fraction of sp³-hybridized carbons (Fsp3) is 0.391. The van der Waals surface area contributed by atoms with E-state index in [1.807, 2.05) is 61.7 Å². The van der Waals surface area contributed by atoms with Gasteiger partial charge in [-0.3, -0.25) is 14.3 Å². The van der Waals surface area contributed by atoms with Crippen molar-refractivity contribution >= 4 is 35.1 Å². The maximum Gasteiger partial charge on any atom is 0.339 e. The quantitative estimate of drug-likeness (QED) is 0.280. The van der Waals surface area contributed by atoms with E-state index in [1.165, 1.54) is 18.9 Å². The zero-order chi connectivity index (χ0) is 24.4. The van der Waals surface area contributed by atoms with E-state index in [-0.39, 0.29) is 11.8 Å². The number of thioether (sulfide) groups is 1. The minimum atomic E-state index is -0.481. The van der Waals surface area contributed by atoms with Crippen molar-refractivity contribution in [2.45, 2.75) is 44.1 Å². The molecule has 8 nitrogen and oxygen atoms in total. The minimum Gasteiger partial charge on any atom is -0.465 e. The molecule has 0 aliphatic rings. The van der Waals surface area contributed by atoms with Gasteiger partial charge in [0.2, 0.25) is 0 Å². The highest BCUT2D eigenvalue weighted by Crippen LogP contribution is 2.31. The van der Waals surface area contributed by atoms with Crippen molar-refractivity contribution < 1.29 is 14.3 Å². The van der Waals surface area contributed by atoms with E-state index in [1.54, 1.807) is 13.8 Å². The van der Waals surface area contributed by atoms with Gasteiger partial charge in [-0.15, -0.1) is 10.2 Å². The lowest BCUT2D eigenvalue weighted by Crippen LogP contribution is -2.21. The van der Waals surface area contributed by atoms with Crippen LogP contribution < -0.4 is 0 Å². The molecule has 33 heavy (non-hydrogen) atoms.